The van der Waals surface area contributed by atoms with Gasteiger partial charge in [-0.05, 0) is 61.9 Å². The summed E-state index contributed by atoms with van der Waals surface area (Å²) in [4.78, 5) is 13.0. The summed E-state index contributed by atoms with van der Waals surface area (Å²) in [5.41, 5.74) is 1.10. The maximum atomic E-state index is 12.2. The van der Waals surface area contributed by atoms with E-state index in [1.54, 1.807) is 48.5 Å². The molecule has 0 aliphatic carbocycles. The monoisotopic (exact) mass is 581 g/mol. The van der Waals surface area contributed by atoms with Gasteiger partial charge in [-0.2, -0.15) is 0 Å². The molecule has 4 rings (SSSR count). The summed E-state index contributed by atoms with van der Waals surface area (Å²) >= 11 is 12.4. The van der Waals surface area contributed by atoms with Crippen molar-refractivity contribution in [1.82, 2.24) is 4.90 Å². The first kappa shape index (κ1) is 28.4. The highest BCUT2D eigenvalue weighted by Gasteiger charge is 2.33. The van der Waals surface area contributed by atoms with E-state index in [-0.39, 0.29) is 37.2 Å². The van der Waals surface area contributed by atoms with Gasteiger partial charge in [0.1, 0.15) is 30.5 Å². The SMILES string of the molecule is CCOc1cc(C=O)ccc1OCC(O)CN(Cc1ccc(-c2cc(Cl)ccc2Cl)o1)C1CCS(=O)(=O)C1. The number of ether oxygens (including phenoxy) is 2. The molecule has 1 fully saturated rings. The Morgan fingerprint density at radius 2 is 1.95 bits per heavy atom. The van der Waals surface area contributed by atoms with Crippen LogP contribution in [-0.4, -0.2) is 68.1 Å². The molecule has 11 heteroatoms. The molecule has 3 aromatic rings. The van der Waals surface area contributed by atoms with Crippen molar-refractivity contribution in [2.45, 2.75) is 32.0 Å². The predicted octanol–water partition coefficient (Wildman–Crippen LogP) is 4.89. The van der Waals surface area contributed by atoms with E-state index < -0.39 is 15.9 Å². The van der Waals surface area contributed by atoms with Crippen LogP contribution in [0.4, 0.5) is 0 Å². The average molecular weight is 583 g/mol. The second kappa shape index (κ2) is 12.5. The molecule has 0 saturated carbocycles. The highest BCUT2D eigenvalue weighted by atomic mass is 35.5. The number of rotatable bonds is 12. The van der Waals surface area contributed by atoms with Gasteiger partial charge in [0.2, 0.25) is 0 Å². The number of sulfone groups is 1. The second-order valence-corrected chi connectivity index (χ2v) is 12.2. The fourth-order valence-corrected chi connectivity index (χ4v) is 6.54. The molecular weight excluding hydrogens is 553 g/mol. The van der Waals surface area contributed by atoms with Crippen LogP contribution in [0, 0.1) is 0 Å². The van der Waals surface area contributed by atoms with E-state index in [4.69, 9.17) is 37.1 Å². The van der Waals surface area contributed by atoms with Gasteiger partial charge in [0.15, 0.2) is 21.3 Å². The number of benzene rings is 2. The molecular formula is C27H29Cl2NO7S. The largest absolute Gasteiger partial charge is 0.490 e. The fraction of sp³-hybridized carbons (Fsp3) is 0.370. The van der Waals surface area contributed by atoms with Crippen molar-refractivity contribution in [3.05, 3.63) is 69.9 Å². The zero-order chi connectivity index (χ0) is 27.3. The zero-order valence-corrected chi connectivity index (χ0v) is 23.1. The number of furan rings is 1. The minimum absolute atomic E-state index is 0.00983. The van der Waals surface area contributed by atoms with Crippen molar-refractivity contribution in [2.75, 3.05) is 31.3 Å². The van der Waals surface area contributed by atoms with E-state index in [9.17, 15) is 18.3 Å². The number of hydrogen-bond acceptors (Lipinski definition) is 8. The fourth-order valence-electron chi connectivity index (χ4n) is 4.40. The van der Waals surface area contributed by atoms with Crippen LogP contribution in [-0.2, 0) is 16.4 Å². The molecule has 1 N–H and O–H groups in total. The van der Waals surface area contributed by atoms with Gasteiger partial charge in [0, 0.05) is 28.7 Å². The lowest BCUT2D eigenvalue weighted by Gasteiger charge is -2.29. The van der Waals surface area contributed by atoms with Crippen molar-refractivity contribution >= 4 is 39.3 Å². The molecule has 2 heterocycles. The second-order valence-electron chi connectivity index (χ2n) is 9.10. The summed E-state index contributed by atoms with van der Waals surface area (Å²) in [6.07, 6.45) is 0.246. The van der Waals surface area contributed by atoms with E-state index in [2.05, 4.69) is 0 Å². The third-order valence-corrected chi connectivity index (χ3v) is 8.53. The molecule has 1 aromatic heterocycles. The summed E-state index contributed by atoms with van der Waals surface area (Å²) < 4.78 is 41.8. The lowest BCUT2D eigenvalue weighted by atomic mass is 10.2. The molecule has 0 radical (unpaired) electrons. The first-order valence-electron chi connectivity index (χ1n) is 12.2. The van der Waals surface area contributed by atoms with E-state index in [1.165, 1.54) is 0 Å². The number of hydrogen-bond donors (Lipinski definition) is 1. The van der Waals surface area contributed by atoms with Crippen LogP contribution in [0.2, 0.25) is 10.0 Å². The number of carbonyl (C=O) groups is 1. The van der Waals surface area contributed by atoms with Crippen LogP contribution in [0.5, 0.6) is 11.5 Å². The third kappa shape index (κ3) is 7.30. The van der Waals surface area contributed by atoms with Crippen LogP contribution < -0.4 is 9.47 Å². The first-order valence-corrected chi connectivity index (χ1v) is 14.8. The Morgan fingerprint density at radius 1 is 1.13 bits per heavy atom. The average Bonchev–Trinajstić information content (AvgIpc) is 3.50. The highest BCUT2D eigenvalue weighted by Crippen LogP contribution is 2.33. The Hall–Kier alpha value is -2.56. The van der Waals surface area contributed by atoms with Gasteiger partial charge in [-0.3, -0.25) is 9.69 Å². The van der Waals surface area contributed by atoms with Crippen molar-refractivity contribution in [2.24, 2.45) is 0 Å². The summed E-state index contributed by atoms with van der Waals surface area (Å²) in [6, 6.07) is 13.2. The summed E-state index contributed by atoms with van der Waals surface area (Å²) in [5.74, 6) is 2.06. The highest BCUT2D eigenvalue weighted by molar-refractivity contribution is 7.91. The van der Waals surface area contributed by atoms with Gasteiger partial charge >= 0.3 is 0 Å². The molecule has 1 aliphatic rings. The van der Waals surface area contributed by atoms with E-state index in [1.807, 2.05) is 11.8 Å². The number of aliphatic hydroxyl groups excluding tert-OH is 1. The zero-order valence-electron chi connectivity index (χ0n) is 20.8. The number of aldehydes is 1. The number of nitrogens with zero attached hydrogens (tertiary/aromatic N) is 1. The van der Waals surface area contributed by atoms with Gasteiger partial charge in [0.05, 0.1) is 29.7 Å². The number of carbonyl (C=O) groups excluding carboxylic acids is 1. The first-order chi connectivity index (χ1) is 18.2. The predicted molar refractivity (Wildman–Crippen MR) is 146 cm³/mol. The maximum Gasteiger partial charge on any atom is 0.161 e. The van der Waals surface area contributed by atoms with Gasteiger partial charge in [-0.25, -0.2) is 8.42 Å². The Labute approximate surface area is 232 Å². The summed E-state index contributed by atoms with van der Waals surface area (Å²) in [5, 5.41) is 11.9. The van der Waals surface area contributed by atoms with Crippen LogP contribution >= 0.6 is 23.2 Å². The van der Waals surface area contributed by atoms with Crippen molar-refractivity contribution < 1.29 is 32.2 Å². The molecule has 2 atom stereocenters. The van der Waals surface area contributed by atoms with Crippen LogP contribution in [0.15, 0.2) is 52.9 Å². The van der Waals surface area contributed by atoms with Crippen LogP contribution in [0.3, 0.4) is 0 Å². The van der Waals surface area contributed by atoms with Gasteiger partial charge in [-0.15, -0.1) is 0 Å². The van der Waals surface area contributed by atoms with Crippen molar-refractivity contribution in [3.63, 3.8) is 0 Å². The number of aliphatic hydroxyl groups is 1. The van der Waals surface area contributed by atoms with Crippen LogP contribution in [0.25, 0.3) is 11.3 Å². The lowest BCUT2D eigenvalue weighted by Crippen LogP contribution is -2.42. The smallest absolute Gasteiger partial charge is 0.161 e. The Balaban J connectivity index is 1.47. The molecule has 204 valence electrons. The molecule has 2 unspecified atom stereocenters. The molecule has 0 amide bonds. The minimum atomic E-state index is -3.15. The number of halogens is 2. The third-order valence-electron chi connectivity index (χ3n) is 6.22. The van der Waals surface area contributed by atoms with Gasteiger partial charge in [-0.1, -0.05) is 23.2 Å². The molecule has 0 bridgehead atoms. The van der Waals surface area contributed by atoms with E-state index >= 15 is 0 Å². The van der Waals surface area contributed by atoms with E-state index in [0.717, 1.165) is 6.29 Å². The van der Waals surface area contributed by atoms with E-state index in [0.29, 0.717) is 57.2 Å². The van der Waals surface area contributed by atoms with Gasteiger partial charge in [0.25, 0.3) is 0 Å². The summed E-state index contributed by atoms with van der Waals surface area (Å²) in [7, 11) is -3.15. The Morgan fingerprint density at radius 3 is 2.66 bits per heavy atom. The standard InChI is InChI=1S/C27H29Cl2NO7S/c1-2-35-27-11-18(15-31)3-7-26(27)36-16-21(32)13-30(20-9-10-38(33,34)17-20)14-22-5-8-25(37-22)23-12-19(28)4-6-24(23)29/h3-8,11-12,15,20-21,32H,2,9-10,13-14,16-17H2,1H3. The minimum Gasteiger partial charge on any atom is -0.490 e. The summed E-state index contributed by atoms with van der Waals surface area (Å²) in [6.45, 7) is 2.59. The molecule has 1 saturated heterocycles. The quantitative estimate of drug-likeness (QED) is 0.301. The lowest BCUT2D eigenvalue weighted by molar-refractivity contribution is 0.0489. The Bertz CT molecular complexity index is 1380. The topological polar surface area (TPSA) is 106 Å². The molecule has 0 spiro atoms. The molecule has 8 nitrogen and oxygen atoms in total. The van der Waals surface area contributed by atoms with Crippen LogP contribution in [0.1, 0.15) is 29.5 Å². The van der Waals surface area contributed by atoms with Crippen molar-refractivity contribution in [1.29, 1.82) is 0 Å². The normalized spacial score (nSPS) is 17.4. The Kier molecular flexibility index (Phi) is 9.38. The van der Waals surface area contributed by atoms with Gasteiger partial charge < -0.3 is 19.0 Å². The maximum absolute atomic E-state index is 12.2. The molecule has 38 heavy (non-hydrogen) atoms. The molecule has 2 aromatic carbocycles. The molecule has 1 aliphatic heterocycles. The van der Waals surface area contributed by atoms with Crippen molar-refractivity contribution in [3.8, 4) is 22.8 Å².